The Morgan fingerprint density at radius 1 is 1.44 bits per heavy atom. The smallest absolute Gasteiger partial charge is 0.319 e. The van der Waals surface area contributed by atoms with E-state index in [1.807, 2.05) is 0 Å². The van der Waals surface area contributed by atoms with Crippen LogP contribution in [0.5, 0.6) is 0 Å². The molecule has 5 heteroatoms. The van der Waals surface area contributed by atoms with E-state index >= 15 is 0 Å². The van der Waals surface area contributed by atoms with Crippen LogP contribution in [0, 0.1) is 11.6 Å². The van der Waals surface area contributed by atoms with Gasteiger partial charge in [0.05, 0.1) is 0 Å². The molecule has 1 unspecified atom stereocenters. The molecule has 0 heterocycles. The minimum Gasteiger partial charge on any atom is -0.480 e. The molecule has 0 aliphatic rings. The van der Waals surface area contributed by atoms with E-state index in [4.69, 9.17) is 5.11 Å². The maximum atomic E-state index is 12.9. The summed E-state index contributed by atoms with van der Waals surface area (Å²) in [5.41, 5.74) is 0. The molecule has 0 bridgehead atoms. The predicted molar refractivity (Wildman–Crippen MR) is 58.5 cm³/mol. The van der Waals surface area contributed by atoms with Gasteiger partial charge in [-0.05, 0) is 31.5 Å². The van der Waals surface area contributed by atoms with Gasteiger partial charge >= 0.3 is 5.97 Å². The zero-order valence-corrected chi connectivity index (χ0v) is 9.78. The van der Waals surface area contributed by atoms with Crippen LogP contribution in [0.4, 0.5) is 8.78 Å². The average Bonchev–Trinajstić information content (AvgIpc) is 2.23. The van der Waals surface area contributed by atoms with E-state index in [2.05, 4.69) is 0 Å². The second-order valence-electron chi connectivity index (χ2n) is 3.57. The van der Waals surface area contributed by atoms with E-state index in [-0.39, 0.29) is 0 Å². The lowest BCUT2D eigenvalue weighted by atomic mass is 10.1. The molecule has 0 saturated carbocycles. The molecule has 0 amide bonds. The summed E-state index contributed by atoms with van der Waals surface area (Å²) in [5, 5.41) is 9.03. The average molecular weight is 246 g/mol. The first-order valence-electron chi connectivity index (χ1n) is 4.76. The van der Waals surface area contributed by atoms with Gasteiger partial charge < -0.3 is 5.11 Å². The minimum absolute atomic E-state index is 0.395. The molecule has 0 saturated heterocycles. The van der Waals surface area contributed by atoms with Crippen molar-refractivity contribution in [3.05, 3.63) is 29.8 Å². The van der Waals surface area contributed by atoms with Crippen molar-refractivity contribution >= 4 is 17.7 Å². The van der Waals surface area contributed by atoms with Crippen LogP contribution in [-0.4, -0.2) is 15.8 Å². The highest BCUT2D eigenvalue weighted by molar-refractivity contribution is 8.01. The molecular formula is C11H12F2O2S. The standard InChI is InChI=1S/C11H12F2O2S/c1-3-11(2,10(14)15)16-7-4-5-8(12)9(13)6-7/h4-6H,3H2,1-2H3,(H,14,15). The number of carboxylic acids is 1. The van der Waals surface area contributed by atoms with E-state index in [1.54, 1.807) is 13.8 Å². The van der Waals surface area contributed by atoms with Crippen LogP contribution in [0.15, 0.2) is 23.1 Å². The number of carbonyl (C=O) groups is 1. The fraction of sp³-hybridized carbons (Fsp3) is 0.364. The van der Waals surface area contributed by atoms with E-state index < -0.39 is 22.4 Å². The quantitative estimate of drug-likeness (QED) is 0.828. The summed E-state index contributed by atoms with van der Waals surface area (Å²) in [6, 6.07) is 3.38. The van der Waals surface area contributed by atoms with Crippen LogP contribution >= 0.6 is 11.8 Å². The van der Waals surface area contributed by atoms with Crippen molar-refractivity contribution in [1.29, 1.82) is 0 Å². The SMILES string of the molecule is CCC(C)(Sc1ccc(F)c(F)c1)C(=O)O. The van der Waals surface area contributed by atoms with Gasteiger partial charge in [0.25, 0.3) is 0 Å². The number of thioether (sulfide) groups is 1. The molecule has 1 aromatic rings. The highest BCUT2D eigenvalue weighted by atomic mass is 32.2. The van der Waals surface area contributed by atoms with Gasteiger partial charge in [0.1, 0.15) is 4.75 Å². The van der Waals surface area contributed by atoms with Crippen molar-refractivity contribution in [3.8, 4) is 0 Å². The van der Waals surface area contributed by atoms with Crippen molar-refractivity contribution in [2.24, 2.45) is 0 Å². The second-order valence-corrected chi connectivity index (χ2v) is 5.14. The van der Waals surface area contributed by atoms with Crippen molar-refractivity contribution in [1.82, 2.24) is 0 Å². The molecule has 1 atom stereocenters. The molecule has 0 aromatic heterocycles. The minimum atomic E-state index is -1.02. The zero-order valence-electron chi connectivity index (χ0n) is 8.96. The van der Waals surface area contributed by atoms with E-state index in [9.17, 15) is 13.6 Å². The summed E-state index contributed by atoms with van der Waals surface area (Å²) in [6.07, 6.45) is 0.395. The summed E-state index contributed by atoms with van der Waals surface area (Å²) < 4.78 is 24.6. The maximum Gasteiger partial charge on any atom is 0.319 e. The van der Waals surface area contributed by atoms with Crippen LogP contribution in [0.1, 0.15) is 20.3 Å². The first-order chi connectivity index (χ1) is 7.39. The lowest BCUT2D eigenvalue weighted by Crippen LogP contribution is -2.30. The second kappa shape index (κ2) is 4.82. The third-order valence-corrected chi connectivity index (χ3v) is 3.76. The summed E-state index contributed by atoms with van der Waals surface area (Å²) >= 11 is 1.02. The van der Waals surface area contributed by atoms with Crippen molar-refractivity contribution in [2.45, 2.75) is 29.9 Å². The van der Waals surface area contributed by atoms with E-state index in [0.717, 1.165) is 23.9 Å². The van der Waals surface area contributed by atoms with Gasteiger partial charge in [-0.25, -0.2) is 8.78 Å². The number of aliphatic carboxylic acids is 1. The summed E-state index contributed by atoms with van der Waals surface area (Å²) in [4.78, 5) is 11.4. The Balaban J connectivity index is 2.95. The molecule has 0 aliphatic heterocycles. The predicted octanol–water partition coefficient (Wildman–Crippen LogP) is 3.31. The van der Waals surface area contributed by atoms with Crippen molar-refractivity contribution in [3.63, 3.8) is 0 Å². The van der Waals surface area contributed by atoms with Gasteiger partial charge in [-0.15, -0.1) is 11.8 Å². The van der Waals surface area contributed by atoms with E-state index in [0.29, 0.717) is 11.3 Å². The highest BCUT2D eigenvalue weighted by Crippen LogP contribution is 2.36. The Bertz CT molecular complexity index is 409. The molecule has 88 valence electrons. The Labute approximate surface area is 96.7 Å². The molecule has 0 fully saturated rings. The monoisotopic (exact) mass is 246 g/mol. The van der Waals surface area contributed by atoms with Gasteiger partial charge in [0.2, 0.25) is 0 Å². The molecule has 2 nitrogen and oxygen atoms in total. The van der Waals surface area contributed by atoms with Crippen LogP contribution in [-0.2, 0) is 4.79 Å². The van der Waals surface area contributed by atoms with Crippen LogP contribution < -0.4 is 0 Å². The molecular weight excluding hydrogens is 234 g/mol. The lowest BCUT2D eigenvalue weighted by molar-refractivity contribution is -0.139. The third-order valence-electron chi connectivity index (χ3n) is 2.36. The molecule has 0 aliphatic carbocycles. The molecule has 1 aromatic carbocycles. The molecule has 0 spiro atoms. The summed E-state index contributed by atoms with van der Waals surface area (Å²) in [5.74, 6) is -2.86. The van der Waals surface area contributed by atoms with Crippen LogP contribution in [0.25, 0.3) is 0 Å². The molecule has 1 rings (SSSR count). The zero-order chi connectivity index (χ0) is 12.3. The Morgan fingerprint density at radius 3 is 2.50 bits per heavy atom. The van der Waals surface area contributed by atoms with Gasteiger partial charge in [-0.2, -0.15) is 0 Å². The van der Waals surface area contributed by atoms with Gasteiger partial charge in [0, 0.05) is 4.90 Å². The van der Waals surface area contributed by atoms with Gasteiger partial charge in [-0.1, -0.05) is 6.92 Å². The molecule has 16 heavy (non-hydrogen) atoms. The fourth-order valence-corrected chi connectivity index (χ4v) is 2.12. The Kier molecular flexibility index (Phi) is 3.91. The van der Waals surface area contributed by atoms with Crippen LogP contribution in [0.3, 0.4) is 0 Å². The molecule has 1 N–H and O–H groups in total. The van der Waals surface area contributed by atoms with Crippen LogP contribution in [0.2, 0.25) is 0 Å². The normalized spacial score (nSPS) is 14.5. The summed E-state index contributed by atoms with van der Waals surface area (Å²) in [7, 11) is 0. The maximum absolute atomic E-state index is 12.9. The Hall–Kier alpha value is -1.10. The number of hydrogen-bond donors (Lipinski definition) is 1. The van der Waals surface area contributed by atoms with Crippen molar-refractivity contribution < 1.29 is 18.7 Å². The topological polar surface area (TPSA) is 37.3 Å². The Morgan fingerprint density at radius 2 is 2.06 bits per heavy atom. The largest absolute Gasteiger partial charge is 0.480 e. The van der Waals surface area contributed by atoms with E-state index in [1.165, 1.54) is 6.07 Å². The first kappa shape index (κ1) is 13.0. The highest BCUT2D eigenvalue weighted by Gasteiger charge is 2.32. The number of carboxylic acid groups (broad SMARTS) is 1. The van der Waals surface area contributed by atoms with Crippen molar-refractivity contribution in [2.75, 3.05) is 0 Å². The number of benzene rings is 1. The first-order valence-corrected chi connectivity index (χ1v) is 5.58. The third kappa shape index (κ3) is 2.72. The van der Waals surface area contributed by atoms with Gasteiger partial charge in [0.15, 0.2) is 11.6 Å². The van der Waals surface area contributed by atoms with Gasteiger partial charge in [-0.3, -0.25) is 4.79 Å². The molecule has 0 radical (unpaired) electrons. The fourth-order valence-electron chi connectivity index (χ4n) is 1.07. The lowest BCUT2D eigenvalue weighted by Gasteiger charge is -2.22. The number of hydrogen-bond acceptors (Lipinski definition) is 2. The summed E-state index contributed by atoms with van der Waals surface area (Å²) in [6.45, 7) is 3.29. The number of rotatable bonds is 4. The number of halogens is 2.